The third-order valence-corrected chi connectivity index (χ3v) is 7.10. The van der Waals surface area contributed by atoms with Gasteiger partial charge in [0, 0.05) is 10.9 Å². The van der Waals surface area contributed by atoms with Crippen LogP contribution < -0.4 is 5.32 Å². The zero-order valence-corrected chi connectivity index (χ0v) is 13.2. The molecule has 5 rings (SSSR count). The Balaban J connectivity index is 1.41. The SMILES string of the molecule is Clc1ccc(C(NC2C3C4CCC(C4)C23)c2ccco2)s1. The summed E-state index contributed by atoms with van der Waals surface area (Å²) in [4.78, 5) is 1.26. The summed E-state index contributed by atoms with van der Waals surface area (Å²) in [6.45, 7) is 0. The van der Waals surface area contributed by atoms with Gasteiger partial charge in [-0.1, -0.05) is 11.6 Å². The van der Waals surface area contributed by atoms with Crippen LogP contribution in [0.1, 0.15) is 35.9 Å². The van der Waals surface area contributed by atoms with Gasteiger partial charge in [0.2, 0.25) is 0 Å². The number of halogens is 1. The van der Waals surface area contributed by atoms with Crippen LogP contribution in [0.3, 0.4) is 0 Å². The quantitative estimate of drug-likeness (QED) is 0.882. The normalized spacial score (nSPS) is 37.7. The maximum atomic E-state index is 6.13. The summed E-state index contributed by atoms with van der Waals surface area (Å²) in [6.07, 6.45) is 6.17. The van der Waals surface area contributed by atoms with Crippen molar-refractivity contribution in [2.75, 3.05) is 0 Å². The summed E-state index contributed by atoms with van der Waals surface area (Å²) in [5, 5.41) is 3.88. The van der Waals surface area contributed by atoms with Crippen LogP contribution in [0, 0.1) is 23.7 Å². The average molecular weight is 320 g/mol. The van der Waals surface area contributed by atoms with Gasteiger partial charge in [0.15, 0.2) is 0 Å². The van der Waals surface area contributed by atoms with E-state index in [0.717, 1.165) is 33.8 Å². The fourth-order valence-corrected chi connectivity index (χ4v) is 6.11. The van der Waals surface area contributed by atoms with Gasteiger partial charge in [-0.15, -0.1) is 11.3 Å². The Hall–Kier alpha value is -0.770. The number of nitrogens with one attached hydrogen (secondary N) is 1. The van der Waals surface area contributed by atoms with E-state index in [1.165, 1.54) is 24.1 Å². The highest BCUT2D eigenvalue weighted by Gasteiger charge is 2.65. The van der Waals surface area contributed by atoms with E-state index in [1.54, 1.807) is 17.6 Å². The first-order valence-electron chi connectivity index (χ1n) is 7.86. The minimum Gasteiger partial charge on any atom is -0.467 e. The molecule has 2 aromatic rings. The molecule has 0 amide bonds. The maximum Gasteiger partial charge on any atom is 0.126 e. The molecular weight excluding hydrogens is 302 g/mol. The summed E-state index contributed by atoms with van der Waals surface area (Å²) < 4.78 is 6.53. The second-order valence-corrected chi connectivity index (χ2v) is 8.52. The maximum absolute atomic E-state index is 6.13. The zero-order chi connectivity index (χ0) is 14.0. The van der Waals surface area contributed by atoms with E-state index in [4.69, 9.17) is 16.0 Å². The van der Waals surface area contributed by atoms with Crippen molar-refractivity contribution in [3.8, 4) is 0 Å². The number of thiophene rings is 1. The van der Waals surface area contributed by atoms with Gasteiger partial charge in [-0.25, -0.2) is 0 Å². The molecule has 0 spiro atoms. The smallest absolute Gasteiger partial charge is 0.126 e. The molecule has 3 fully saturated rings. The first kappa shape index (κ1) is 12.7. The standard InChI is InChI=1S/C17H18ClNOS/c18-13-6-5-12(21-13)16(11-2-1-7-20-11)19-17-14-9-3-4-10(8-9)15(14)17/h1-2,5-7,9-10,14-17,19H,3-4,8H2. The van der Waals surface area contributed by atoms with Crippen LogP contribution in [0.15, 0.2) is 34.9 Å². The van der Waals surface area contributed by atoms with Crippen LogP contribution in [0.25, 0.3) is 0 Å². The van der Waals surface area contributed by atoms with Crippen LogP contribution in [-0.4, -0.2) is 6.04 Å². The van der Waals surface area contributed by atoms with E-state index in [1.807, 2.05) is 12.1 Å². The molecule has 3 saturated carbocycles. The van der Waals surface area contributed by atoms with Crippen molar-refractivity contribution in [2.45, 2.75) is 31.3 Å². The van der Waals surface area contributed by atoms with Crippen LogP contribution in [0.5, 0.6) is 0 Å². The van der Waals surface area contributed by atoms with E-state index >= 15 is 0 Å². The van der Waals surface area contributed by atoms with Crippen molar-refractivity contribution in [1.82, 2.24) is 5.32 Å². The molecule has 5 unspecified atom stereocenters. The first-order chi connectivity index (χ1) is 10.3. The summed E-state index contributed by atoms with van der Waals surface area (Å²) in [6, 6.07) is 8.99. The summed E-state index contributed by atoms with van der Waals surface area (Å²) in [7, 11) is 0. The Bertz CT molecular complexity index is 636. The van der Waals surface area contributed by atoms with E-state index < -0.39 is 0 Å². The fraction of sp³-hybridized carbons (Fsp3) is 0.529. The Labute approximate surface area is 133 Å². The molecule has 2 nitrogen and oxygen atoms in total. The molecule has 1 N–H and O–H groups in total. The number of hydrogen-bond acceptors (Lipinski definition) is 3. The average Bonchev–Trinajstić information content (AvgIpc) is 3.06. The van der Waals surface area contributed by atoms with E-state index in [2.05, 4.69) is 17.4 Å². The van der Waals surface area contributed by atoms with Gasteiger partial charge in [-0.05, 0) is 67.2 Å². The van der Waals surface area contributed by atoms with Gasteiger partial charge in [-0.2, -0.15) is 0 Å². The van der Waals surface area contributed by atoms with Crippen molar-refractivity contribution in [3.05, 3.63) is 45.5 Å². The first-order valence-corrected chi connectivity index (χ1v) is 9.05. The molecule has 5 atom stereocenters. The fourth-order valence-electron chi connectivity index (χ4n) is 4.98. The molecule has 4 heteroatoms. The number of hydrogen-bond donors (Lipinski definition) is 1. The molecule has 21 heavy (non-hydrogen) atoms. The van der Waals surface area contributed by atoms with Gasteiger partial charge < -0.3 is 4.42 Å². The lowest BCUT2D eigenvalue weighted by atomic mass is 10.0. The summed E-state index contributed by atoms with van der Waals surface area (Å²) in [5.41, 5.74) is 0. The Kier molecular flexibility index (Phi) is 2.80. The highest BCUT2D eigenvalue weighted by molar-refractivity contribution is 7.16. The third-order valence-electron chi connectivity index (χ3n) is 5.80. The predicted molar refractivity (Wildman–Crippen MR) is 84.6 cm³/mol. The van der Waals surface area contributed by atoms with Crippen molar-refractivity contribution in [2.24, 2.45) is 23.7 Å². The van der Waals surface area contributed by atoms with Gasteiger partial charge in [-0.3, -0.25) is 5.32 Å². The third kappa shape index (κ3) is 1.94. The van der Waals surface area contributed by atoms with Crippen LogP contribution in [-0.2, 0) is 0 Å². The highest BCUT2D eigenvalue weighted by atomic mass is 35.5. The molecule has 3 aliphatic carbocycles. The summed E-state index contributed by atoms with van der Waals surface area (Å²) in [5.74, 6) is 4.84. The van der Waals surface area contributed by atoms with Gasteiger partial charge in [0.05, 0.1) is 10.6 Å². The molecule has 0 aliphatic heterocycles. The molecule has 2 heterocycles. The molecular formula is C17H18ClNOS. The summed E-state index contributed by atoms with van der Waals surface area (Å²) >= 11 is 7.78. The van der Waals surface area contributed by atoms with Crippen molar-refractivity contribution >= 4 is 22.9 Å². The van der Waals surface area contributed by atoms with Crippen LogP contribution in [0.4, 0.5) is 0 Å². The molecule has 0 saturated heterocycles. The van der Waals surface area contributed by atoms with Gasteiger partial charge in [0.25, 0.3) is 0 Å². The molecule has 0 radical (unpaired) electrons. The predicted octanol–water partition coefficient (Wildman–Crippen LogP) is 4.72. The van der Waals surface area contributed by atoms with Crippen LogP contribution in [0.2, 0.25) is 4.34 Å². The Morgan fingerprint density at radius 1 is 1.19 bits per heavy atom. The minimum absolute atomic E-state index is 0.160. The second-order valence-electron chi connectivity index (χ2n) is 6.77. The van der Waals surface area contributed by atoms with Crippen LogP contribution >= 0.6 is 22.9 Å². The van der Waals surface area contributed by atoms with E-state index in [-0.39, 0.29) is 6.04 Å². The minimum atomic E-state index is 0.160. The molecule has 2 bridgehead atoms. The lowest BCUT2D eigenvalue weighted by Gasteiger charge is -2.18. The Morgan fingerprint density at radius 3 is 2.62 bits per heavy atom. The van der Waals surface area contributed by atoms with Crippen molar-refractivity contribution in [3.63, 3.8) is 0 Å². The molecule has 0 aromatic carbocycles. The highest BCUT2D eigenvalue weighted by Crippen LogP contribution is 2.66. The van der Waals surface area contributed by atoms with Crippen molar-refractivity contribution in [1.29, 1.82) is 0 Å². The van der Waals surface area contributed by atoms with Crippen molar-refractivity contribution < 1.29 is 4.42 Å². The zero-order valence-electron chi connectivity index (χ0n) is 11.7. The molecule has 3 aliphatic rings. The van der Waals surface area contributed by atoms with Gasteiger partial charge in [0.1, 0.15) is 11.8 Å². The molecule has 2 aromatic heterocycles. The topological polar surface area (TPSA) is 25.2 Å². The second kappa shape index (κ2) is 4.61. The number of furan rings is 1. The Morgan fingerprint density at radius 2 is 2.00 bits per heavy atom. The lowest BCUT2D eigenvalue weighted by Crippen LogP contribution is -2.28. The molecule has 110 valence electrons. The van der Waals surface area contributed by atoms with E-state index in [9.17, 15) is 0 Å². The monoisotopic (exact) mass is 319 g/mol. The number of fused-ring (bicyclic) bond motifs is 5. The number of rotatable bonds is 4. The van der Waals surface area contributed by atoms with Gasteiger partial charge >= 0.3 is 0 Å². The lowest BCUT2D eigenvalue weighted by molar-refractivity contribution is 0.403. The van der Waals surface area contributed by atoms with E-state index in [0.29, 0.717) is 6.04 Å². The largest absolute Gasteiger partial charge is 0.467 e.